The Morgan fingerprint density at radius 3 is 2.56 bits per heavy atom. The summed E-state index contributed by atoms with van der Waals surface area (Å²) in [4.78, 5) is 24.1. The van der Waals surface area contributed by atoms with E-state index in [9.17, 15) is 14.0 Å². The van der Waals surface area contributed by atoms with Gasteiger partial charge in [0.25, 0.3) is 5.91 Å². The molecule has 3 aromatic carbocycles. The highest BCUT2D eigenvalue weighted by atomic mass is 19.1. The molecule has 0 unspecified atom stereocenters. The van der Waals surface area contributed by atoms with Gasteiger partial charge in [-0.1, -0.05) is 42.5 Å². The standard InChI is InChI=1S/C22H18FNO3/c1-15(27-21(25)12-9-16-5-4-8-19(23)13-16)22(26)24-20-11-10-17-6-2-3-7-18(17)14-20/h2-15H,1H3,(H,24,26)/b12-9+/t15-/m0/s1. The van der Waals surface area contributed by atoms with E-state index in [4.69, 9.17) is 4.74 Å². The van der Waals surface area contributed by atoms with Crippen LogP contribution in [-0.2, 0) is 14.3 Å². The molecule has 0 saturated heterocycles. The molecule has 27 heavy (non-hydrogen) atoms. The van der Waals surface area contributed by atoms with Gasteiger partial charge < -0.3 is 10.1 Å². The molecule has 0 radical (unpaired) electrons. The zero-order valence-corrected chi connectivity index (χ0v) is 14.7. The number of hydrogen-bond donors (Lipinski definition) is 1. The zero-order valence-electron chi connectivity index (χ0n) is 14.7. The minimum atomic E-state index is -0.971. The van der Waals surface area contributed by atoms with E-state index in [2.05, 4.69) is 5.32 Å². The summed E-state index contributed by atoms with van der Waals surface area (Å²) in [5.41, 5.74) is 1.15. The maximum absolute atomic E-state index is 13.1. The van der Waals surface area contributed by atoms with Crippen LogP contribution in [0.5, 0.6) is 0 Å². The van der Waals surface area contributed by atoms with E-state index in [0.29, 0.717) is 11.3 Å². The Balaban J connectivity index is 1.58. The fourth-order valence-electron chi connectivity index (χ4n) is 2.55. The molecule has 4 nitrogen and oxygen atoms in total. The van der Waals surface area contributed by atoms with Gasteiger partial charge in [0.2, 0.25) is 0 Å². The van der Waals surface area contributed by atoms with Crippen molar-refractivity contribution in [2.75, 3.05) is 5.32 Å². The number of benzene rings is 3. The normalized spacial score (nSPS) is 12.1. The predicted molar refractivity (Wildman–Crippen MR) is 104 cm³/mol. The average molecular weight is 363 g/mol. The number of carbonyl (C=O) groups is 2. The van der Waals surface area contributed by atoms with Crippen LogP contribution in [0.3, 0.4) is 0 Å². The summed E-state index contributed by atoms with van der Waals surface area (Å²) in [7, 11) is 0. The van der Waals surface area contributed by atoms with Crippen molar-refractivity contribution < 1.29 is 18.7 Å². The number of fused-ring (bicyclic) bond motifs is 1. The molecule has 0 spiro atoms. The number of esters is 1. The summed E-state index contributed by atoms with van der Waals surface area (Å²) in [5, 5.41) is 4.80. The van der Waals surface area contributed by atoms with Crippen LogP contribution in [0, 0.1) is 5.82 Å². The van der Waals surface area contributed by atoms with Crippen LogP contribution in [0.1, 0.15) is 12.5 Å². The van der Waals surface area contributed by atoms with Crippen molar-refractivity contribution in [2.24, 2.45) is 0 Å². The molecule has 0 bridgehead atoms. The van der Waals surface area contributed by atoms with E-state index >= 15 is 0 Å². The first-order chi connectivity index (χ1) is 13.0. The van der Waals surface area contributed by atoms with Crippen LogP contribution in [0.4, 0.5) is 10.1 Å². The van der Waals surface area contributed by atoms with Gasteiger partial charge in [-0.2, -0.15) is 0 Å². The smallest absolute Gasteiger partial charge is 0.331 e. The largest absolute Gasteiger partial charge is 0.449 e. The van der Waals surface area contributed by atoms with Gasteiger partial charge in [-0.25, -0.2) is 9.18 Å². The van der Waals surface area contributed by atoms with E-state index in [0.717, 1.165) is 16.8 Å². The Morgan fingerprint density at radius 2 is 1.78 bits per heavy atom. The van der Waals surface area contributed by atoms with Gasteiger partial charge >= 0.3 is 5.97 Å². The van der Waals surface area contributed by atoms with E-state index in [1.807, 2.05) is 36.4 Å². The van der Waals surface area contributed by atoms with Crippen molar-refractivity contribution in [3.8, 4) is 0 Å². The second-order valence-corrected chi connectivity index (χ2v) is 6.02. The number of hydrogen-bond acceptors (Lipinski definition) is 3. The van der Waals surface area contributed by atoms with Crippen molar-refractivity contribution in [1.29, 1.82) is 0 Å². The number of carbonyl (C=O) groups excluding carboxylic acids is 2. The van der Waals surface area contributed by atoms with E-state index in [1.54, 1.807) is 18.2 Å². The lowest BCUT2D eigenvalue weighted by Gasteiger charge is -2.13. The molecule has 136 valence electrons. The van der Waals surface area contributed by atoms with Crippen molar-refractivity contribution in [3.63, 3.8) is 0 Å². The van der Waals surface area contributed by atoms with Crippen molar-refractivity contribution in [3.05, 3.63) is 84.2 Å². The number of ether oxygens (including phenoxy) is 1. The molecule has 1 amide bonds. The third-order valence-corrected chi connectivity index (χ3v) is 3.94. The summed E-state index contributed by atoms with van der Waals surface area (Å²) in [5.74, 6) is -1.51. The number of rotatable bonds is 5. The maximum Gasteiger partial charge on any atom is 0.331 e. The first-order valence-electron chi connectivity index (χ1n) is 8.45. The number of nitrogens with one attached hydrogen (secondary N) is 1. The van der Waals surface area contributed by atoms with Crippen molar-refractivity contribution >= 4 is 34.4 Å². The lowest BCUT2D eigenvalue weighted by Crippen LogP contribution is -2.29. The van der Waals surface area contributed by atoms with Crippen LogP contribution in [-0.4, -0.2) is 18.0 Å². The topological polar surface area (TPSA) is 55.4 Å². The van der Waals surface area contributed by atoms with Crippen molar-refractivity contribution in [2.45, 2.75) is 13.0 Å². The molecule has 0 aliphatic rings. The molecule has 0 fully saturated rings. The quantitative estimate of drug-likeness (QED) is 0.534. The van der Waals surface area contributed by atoms with Gasteiger partial charge in [-0.05, 0) is 53.6 Å². The van der Waals surface area contributed by atoms with Crippen molar-refractivity contribution in [1.82, 2.24) is 0 Å². The molecular formula is C22H18FNO3. The fraction of sp³-hybridized carbons (Fsp3) is 0.0909. The van der Waals surface area contributed by atoms with Crippen LogP contribution in [0.25, 0.3) is 16.8 Å². The summed E-state index contributed by atoms with van der Waals surface area (Å²) in [6.07, 6.45) is 1.62. The Labute approximate surface area is 156 Å². The molecule has 1 N–H and O–H groups in total. The second-order valence-electron chi connectivity index (χ2n) is 6.02. The first kappa shape index (κ1) is 18.3. The molecule has 0 aliphatic heterocycles. The Hall–Kier alpha value is -3.47. The predicted octanol–water partition coefficient (Wildman–Crippen LogP) is 4.56. The molecule has 5 heteroatoms. The minimum Gasteiger partial charge on any atom is -0.449 e. The number of amides is 1. The Morgan fingerprint density at radius 1 is 1.00 bits per heavy atom. The zero-order chi connectivity index (χ0) is 19.2. The van der Waals surface area contributed by atoms with Gasteiger partial charge in [0.05, 0.1) is 0 Å². The SMILES string of the molecule is C[C@H](OC(=O)/C=C/c1cccc(F)c1)C(=O)Nc1ccc2ccccc2c1. The monoisotopic (exact) mass is 363 g/mol. The summed E-state index contributed by atoms with van der Waals surface area (Å²) >= 11 is 0. The molecular weight excluding hydrogens is 345 g/mol. The molecule has 0 aliphatic carbocycles. The van der Waals surface area contributed by atoms with Crippen LogP contribution >= 0.6 is 0 Å². The average Bonchev–Trinajstić information content (AvgIpc) is 2.66. The third kappa shape index (κ3) is 5.01. The number of anilines is 1. The van der Waals surface area contributed by atoms with Crippen LogP contribution in [0.15, 0.2) is 72.8 Å². The highest BCUT2D eigenvalue weighted by molar-refractivity contribution is 5.98. The van der Waals surface area contributed by atoms with E-state index < -0.39 is 23.8 Å². The number of halogens is 1. The van der Waals surface area contributed by atoms with E-state index in [1.165, 1.54) is 25.1 Å². The molecule has 1 atom stereocenters. The van der Waals surface area contributed by atoms with Gasteiger partial charge in [0, 0.05) is 11.8 Å². The summed E-state index contributed by atoms with van der Waals surface area (Å²) in [6, 6.07) is 19.1. The van der Waals surface area contributed by atoms with Gasteiger partial charge in [-0.3, -0.25) is 4.79 Å². The molecule has 3 aromatic rings. The lowest BCUT2D eigenvalue weighted by atomic mass is 10.1. The van der Waals surface area contributed by atoms with Gasteiger partial charge in [0.1, 0.15) is 5.82 Å². The first-order valence-corrected chi connectivity index (χ1v) is 8.45. The minimum absolute atomic E-state index is 0.395. The molecule has 0 aromatic heterocycles. The molecule has 0 heterocycles. The summed E-state index contributed by atoms with van der Waals surface area (Å²) in [6.45, 7) is 1.49. The van der Waals surface area contributed by atoms with Crippen LogP contribution in [0.2, 0.25) is 0 Å². The highest BCUT2D eigenvalue weighted by Crippen LogP contribution is 2.19. The van der Waals surface area contributed by atoms with Gasteiger partial charge in [-0.15, -0.1) is 0 Å². The Kier molecular flexibility index (Phi) is 5.61. The van der Waals surface area contributed by atoms with Crippen LogP contribution < -0.4 is 5.32 Å². The second kappa shape index (κ2) is 8.27. The van der Waals surface area contributed by atoms with E-state index in [-0.39, 0.29) is 0 Å². The maximum atomic E-state index is 13.1. The lowest BCUT2D eigenvalue weighted by molar-refractivity contribution is -0.148. The Bertz CT molecular complexity index is 1010. The third-order valence-electron chi connectivity index (χ3n) is 3.94. The summed E-state index contributed by atoms with van der Waals surface area (Å²) < 4.78 is 18.2. The molecule has 0 saturated carbocycles. The van der Waals surface area contributed by atoms with Gasteiger partial charge in [0.15, 0.2) is 6.10 Å². The fourth-order valence-corrected chi connectivity index (χ4v) is 2.55. The highest BCUT2D eigenvalue weighted by Gasteiger charge is 2.16. The molecule has 3 rings (SSSR count).